The molecule has 2 aromatic rings. The fraction of sp³-hybridized carbons (Fsp3) is 0.154. The predicted molar refractivity (Wildman–Crippen MR) is 84.1 cm³/mol. The molecule has 2 rings (SSSR count). The fourth-order valence-electron chi connectivity index (χ4n) is 1.73. The van der Waals surface area contributed by atoms with Crippen molar-refractivity contribution in [2.75, 3.05) is 4.72 Å². The molecular formula is C13H13Cl2N3O2S. The summed E-state index contributed by atoms with van der Waals surface area (Å²) in [5.41, 5.74) is 7.12. The third-order valence-electron chi connectivity index (χ3n) is 2.87. The smallest absolute Gasteiger partial charge is 0.263 e. The van der Waals surface area contributed by atoms with Crippen molar-refractivity contribution in [3.8, 4) is 0 Å². The van der Waals surface area contributed by atoms with Gasteiger partial charge in [0.15, 0.2) is 0 Å². The number of sulfonamides is 1. The van der Waals surface area contributed by atoms with Gasteiger partial charge in [-0.05, 0) is 36.2 Å². The standard InChI is InChI=1S/C13H13Cl2N3O2S/c1-8-2-3-17-7-11(8)18-21(19,20)12-5-10(14)4-9(6-16)13(12)15/h2-5,7,18H,6,16H2,1H3. The molecule has 1 aromatic carbocycles. The molecule has 0 saturated carbocycles. The van der Waals surface area contributed by atoms with Crippen LogP contribution in [0.15, 0.2) is 35.5 Å². The second-order valence-corrected chi connectivity index (χ2v) is 6.84. The minimum atomic E-state index is -3.88. The first-order valence-electron chi connectivity index (χ1n) is 5.96. The second kappa shape index (κ2) is 6.19. The molecule has 8 heteroatoms. The van der Waals surface area contributed by atoms with Crippen LogP contribution < -0.4 is 10.5 Å². The van der Waals surface area contributed by atoms with E-state index in [0.717, 1.165) is 5.56 Å². The lowest BCUT2D eigenvalue weighted by Gasteiger charge is -2.13. The number of benzene rings is 1. The van der Waals surface area contributed by atoms with Crippen molar-refractivity contribution in [3.63, 3.8) is 0 Å². The Labute approximate surface area is 133 Å². The molecule has 0 atom stereocenters. The summed E-state index contributed by atoms with van der Waals surface area (Å²) in [5, 5.41) is 0.319. The Hall–Kier alpha value is -1.34. The number of nitrogens with zero attached hydrogens (tertiary/aromatic N) is 1. The van der Waals surface area contributed by atoms with Gasteiger partial charge < -0.3 is 5.73 Å². The average molecular weight is 346 g/mol. The third kappa shape index (κ3) is 3.47. The number of aromatic nitrogens is 1. The van der Waals surface area contributed by atoms with Crippen LogP contribution in [0.3, 0.4) is 0 Å². The number of nitrogens with one attached hydrogen (secondary N) is 1. The molecule has 0 saturated heterocycles. The van der Waals surface area contributed by atoms with Crippen molar-refractivity contribution >= 4 is 38.9 Å². The molecule has 0 spiro atoms. The van der Waals surface area contributed by atoms with E-state index in [1.54, 1.807) is 19.2 Å². The van der Waals surface area contributed by atoms with Crippen LogP contribution in [-0.4, -0.2) is 13.4 Å². The zero-order valence-electron chi connectivity index (χ0n) is 11.1. The maximum absolute atomic E-state index is 12.5. The Balaban J connectivity index is 2.50. The number of anilines is 1. The van der Waals surface area contributed by atoms with Crippen molar-refractivity contribution in [2.45, 2.75) is 18.4 Å². The first-order chi connectivity index (χ1) is 9.85. The zero-order chi connectivity index (χ0) is 15.6. The average Bonchev–Trinajstić information content (AvgIpc) is 2.43. The molecule has 112 valence electrons. The summed E-state index contributed by atoms with van der Waals surface area (Å²) in [6.45, 7) is 1.86. The molecule has 5 nitrogen and oxygen atoms in total. The summed E-state index contributed by atoms with van der Waals surface area (Å²) >= 11 is 12.0. The van der Waals surface area contributed by atoms with Crippen molar-refractivity contribution < 1.29 is 8.42 Å². The van der Waals surface area contributed by atoms with Gasteiger partial charge in [-0.2, -0.15) is 0 Å². The van der Waals surface area contributed by atoms with Gasteiger partial charge in [0, 0.05) is 17.8 Å². The summed E-state index contributed by atoms with van der Waals surface area (Å²) in [6, 6.07) is 4.53. The molecule has 1 heterocycles. The van der Waals surface area contributed by atoms with Gasteiger partial charge in [-0.15, -0.1) is 0 Å². The quantitative estimate of drug-likeness (QED) is 0.891. The molecule has 0 fully saturated rings. The molecule has 21 heavy (non-hydrogen) atoms. The van der Waals surface area contributed by atoms with E-state index in [1.807, 2.05) is 0 Å². The molecule has 3 N–H and O–H groups in total. The van der Waals surface area contributed by atoms with Crippen LogP contribution in [-0.2, 0) is 16.6 Å². The number of nitrogens with two attached hydrogens (primary N) is 1. The molecule has 0 aliphatic heterocycles. The Morgan fingerprint density at radius 2 is 2.05 bits per heavy atom. The molecule has 0 bridgehead atoms. The molecular weight excluding hydrogens is 333 g/mol. The monoisotopic (exact) mass is 345 g/mol. The van der Waals surface area contributed by atoms with Crippen LogP contribution in [0.4, 0.5) is 5.69 Å². The number of pyridine rings is 1. The molecule has 0 radical (unpaired) electrons. The van der Waals surface area contributed by atoms with Crippen LogP contribution in [0.25, 0.3) is 0 Å². The normalized spacial score (nSPS) is 11.4. The van der Waals surface area contributed by atoms with Gasteiger partial charge in [-0.25, -0.2) is 8.42 Å². The van der Waals surface area contributed by atoms with Crippen LogP contribution in [0.5, 0.6) is 0 Å². The Kier molecular flexibility index (Phi) is 4.73. The van der Waals surface area contributed by atoms with Crippen molar-refractivity contribution in [2.24, 2.45) is 5.73 Å². The number of hydrogen-bond acceptors (Lipinski definition) is 4. The van der Waals surface area contributed by atoms with Crippen LogP contribution >= 0.6 is 23.2 Å². The largest absolute Gasteiger partial charge is 0.326 e. The van der Waals surface area contributed by atoms with E-state index < -0.39 is 10.0 Å². The van der Waals surface area contributed by atoms with Gasteiger partial charge in [-0.3, -0.25) is 9.71 Å². The highest BCUT2D eigenvalue weighted by atomic mass is 35.5. The topological polar surface area (TPSA) is 85.1 Å². The van der Waals surface area contributed by atoms with Gasteiger partial charge >= 0.3 is 0 Å². The van der Waals surface area contributed by atoms with Gasteiger partial charge in [0.05, 0.1) is 16.9 Å². The summed E-state index contributed by atoms with van der Waals surface area (Å²) in [6.07, 6.45) is 3.00. The minimum absolute atomic E-state index is 0.0657. The Morgan fingerprint density at radius 3 is 2.67 bits per heavy atom. The van der Waals surface area contributed by atoms with Gasteiger partial charge in [0.2, 0.25) is 0 Å². The number of rotatable bonds is 4. The lowest BCUT2D eigenvalue weighted by molar-refractivity contribution is 0.601. The highest BCUT2D eigenvalue weighted by Crippen LogP contribution is 2.30. The first-order valence-corrected chi connectivity index (χ1v) is 8.20. The van der Waals surface area contributed by atoms with Gasteiger partial charge in [0.1, 0.15) is 4.90 Å². The van der Waals surface area contributed by atoms with E-state index in [1.165, 1.54) is 18.3 Å². The number of halogens is 2. The molecule has 0 aliphatic carbocycles. The van der Waals surface area contributed by atoms with E-state index in [2.05, 4.69) is 9.71 Å². The highest BCUT2D eigenvalue weighted by Gasteiger charge is 2.21. The molecule has 0 aliphatic rings. The van der Waals surface area contributed by atoms with E-state index in [4.69, 9.17) is 28.9 Å². The third-order valence-corrected chi connectivity index (χ3v) is 5.04. The lowest BCUT2D eigenvalue weighted by Crippen LogP contribution is -2.15. The van der Waals surface area contributed by atoms with E-state index in [9.17, 15) is 8.42 Å². The molecule has 0 amide bonds. The van der Waals surface area contributed by atoms with Crippen molar-refractivity contribution in [3.05, 3.63) is 51.8 Å². The summed E-state index contributed by atoms with van der Waals surface area (Å²) in [7, 11) is -3.88. The highest BCUT2D eigenvalue weighted by molar-refractivity contribution is 7.92. The van der Waals surface area contributed by atoms with Crippen LogP contribution in [0.2, 0.25) is 10.0 Å². The predicted octanol–water partition coefficient (Wildman–Crippen LogP) is 2.96. The van der Waals surface area contributed by atoms with E-state index >= 15 is 0 Å². The first kappa shape index (κ1) is 16.0. The SMILES string of the molecule is Cc1ccncc1NS(=O)(=O)c1cc(Cl)cc(CN)c1Cl. The summed E-state index contributed by atoms with van der Waals surface area (Å²) in [4.78, 5) is 3.78. The van der Waals surface area contributed by atoms with Crippen molar-refractivity contribution in [1.29, 1.82) is 0 Å². The Morgan fingerprint density at radius 1 is 1.33 bits per heavy atom. The van der Waals surface area contributed by atoms with E-state index in [0.29, 0.717) is 11.3 Å². The van der Waals surface area contributed by atoms with E-state index in [-0.39, 0.29) is 21.5 Å². The van der Waals surface area contributed by atoms with Crippen LogP contribution in [0, 0.1) is 6.92 Å². The molecule has 1 aromatic heterocycles. The fourth-order valence-corrected chi connectivity index (χ4v) is 3.79. The molecule has 0 unspecified atom stereocenters. The zero-order valence-corrected chi connectivity index (χ0v) is 13.4. The van der Waals surface area contributed by atoms with Crippen molar-refractivity contribution in [1.82, 2.24) is 4.98 Å². The Bertz CT molecular complexity index is 779. The number of hydrogen-bond donors (Lipinski definition) is 2. The van der Waals surface area contributed by atoms with Crippen LogP contribution in [0.1, 0.15) is 11.1 Å². The number of aryl methyl sites for hydroxylation is 1. The maximum Gasteiger partial charge on any atom is 0.263 e. The minimum Gasteiger partial charge on any atom is -0.326 e. The second-order valence-electron chi connectivity index (χ2n) is 4.38. The lowest BCUT2D eigenvalue weighted by atomic mass is 10.2. The van der Waals surface area contributed by atoms with Gasteiger partial charge in [-0.1, -0.05) is 23.2 Å². The van der Waals surface area contributed by atoms with Gasteiger partial charge in [0.25, 0.3) is 10.0 Å². The summed E-state index contributed by atoms with van der Waals surface area (Å²) in [5.74, 6) is 0. The summed E-state index contributed by atoms with van der Waals surface area (Å²) < 4.78 is 27.4. The maximum atomic E-state index is 12.5.